The molecule has 2 unspecified atom stereocenters. The van der Waals surface area contributed by atoms with Gasteiger partial charge in [0, 0.05) is 11.4 Å². The normalized spacial score (nSPS) is 16.8. The number of rotatable bonds is 5. The van der Waals surface area contributed by atoms with Crippen molar-refractivity contribution in [3.05, 3.63) is 18.2 Å². The minimum Gasteiger partial charge on any atom is -0.208 e. The molecule has 2 rings (SSSR count). The van der Waals surface area contributed by atoms with Crippen molar-refractivity contribution in [3.63, 3.8) is 0 Å². The molecule has 1 N–H and O–H groups in total. The van der Waals surface area contributed by atoms with Crippen molar-refractivity contribution in [2.24, 2.45) is 8.73 Å². The summed E-state index contributed by atoms with van der Waals surface area (Å²) in [7, 11) is -3.61. The van der Waals surface area contributed by atoms with Crippen molar-refractivity contribution in [1.82, 2.24) is 4.72 Å². The first-order valence-electron chi connectivity index (χ1n) is 5.78. The van der Waals surface area contributed by atoms with E-state index in [0.29, 0.717) is 17.8 Å². The molecule has 0 bridgehead atoms. The molecule has 0 aliphatic carbocycles. The van der Waals surface area contributed by atoms with E-state index in [1.54, 1.807) is 19.1 Å². The number of hydrogen-bond acceptors (Lipinski definition) is 4. The van der Waals surface area contributed by atoms with Gasteiger partial charge in [0.05, 0.1) is 11.4 Å². The highest BCUT2D eigenvalue weighted by atomic mass is 35.5. The number of fused-ring (bicyclic) bond motifs is 1. The van der Waals surface area contributed by atoms with Crippen molar-refractivity contribution in [1.29, 1.82) is 0 Å². The van der Waals surface area contributed by atoms with E-state index < -0.39 is 10.0 Å². The van der Waals surface area contributed by atoms with Gasteiger partial charge in [0.25, 0.3) is 0 Å². The van der Waals surface area contributed by atoms with Crippen LogP contribution in [0.4, 0.5) is 11.4 Å². The molecule has 1 aliphatic heterocycles. The van der Waals surface area contributed by atoms with Crippen LogP contribution in [0.25, 0.3) is 0 Å². The fourth-order valence-electron chi connectivity index (χ4n) is 1.86. The molecule has 5 nitrogen and oxygen atoms in total. The Morgan fingerprint density at radius 1 is 1.37 bits per heavy atom. The van der Waals surface area contributed by atoms with E-state index in [1.165, 1.54) is 6.07 Å². The molecular weight excluding hydrogens is 306 g/mol. The second kappa shape index (κ2) is 5.70. The minimum atomic E-state index is -3.61. The highest BCUT2D eigenvalue weighted by molar-refractivity contribution is 7.89. The van der Waals surface area contributed by atoms with Crippen LogP contribution in [0.5, 0.6) is 0 Å². The first kappa shape index (κ1) is 14.6. The molecule has 0 fully saturated rings. The van der Waals surface area contributed by atoms with Gasteiger partial charge in [0.1, 0.15) is 16.3 Å². The molecule has 0 saturated heterocycles. The number of nitrogens with one attached hydrogen (secondary N) is 1. The second-order valence-electron chi connectivity index (χ2n) is 4.43. The fraction of sp³-hybridized carbons (Fsp3) is 0.455. The molecule has 8 heteroatoms. The number of benzene rings is 1. The smallest absolute Gasteiger partial charge is 0.208 e. The lowest BCUT2D eigenvalue weighted by Gasteiger charge is -2.16. The predicted molar refractivity (Wildman–Crippen MR) is 77.7 cm³/mol. The summed E-state index contributed by atoms with van der Waals surface area (Å²) in [6.45, 7) is 3.62. The maximum atomic E-state index is 12.3. The van der Waals surface area contributed by atoms with E-state index in [4.69, 9.17) is 11.6 Å². The van der Waals surface area contributed by atoms with E-state index in [2.05, 4.69) is 13.4 Å². The molecule has 0 saturated carbocycles. The van der Waals surface area contributed by atoms with Crippen LogP contribution in [-0.2, 0) is 21.4 Å². The minimum absolute atomic E-state index is 0.0885. The van der Waals surface area contributed by atoms with Crippen LogP contribution in [0.3, 0.4) is 0 Å². The zero-order valence-electron chi connectivity index (χ0n) is 10.5. The Morgan fingerprint density at radius 3 is 2.79 bits per heavy atom. The SMILES string of the molecule is CC(Cl)CC(C)NS(=O)(=O)c1cccc2c1N=S=N2. The van der Waals surface area contributed by atoms with Gasteiger partial charge in [-0.2, -0.15) is 8.73 Å². The summed E-state index contributed by atoms with van der Waals surface area (Å²) in [5.41, 5.74) is 0.998. The predicted octanol–water partition coefficient (Wildman–Crippen LogP) is 3.10. The van der Waals surface area contributed by atoms with Crippen LogP contribution >= 0.6 is 11.6 Å². The summed E-state index contributed by atoms with van der Waals surface area (Å²) in [6, 6.07) is 4.69. The van der Waals surface area contributed by atoms with Crippen molar-refractivity contribution < 1.29 is 8.42 Å². The first-order valence-corrected chi connectivity index (χ1v) is 8.43. The average Bonchev–Trinajstić information content (AvgIpc) is 2.73. The van der Waals surface area contributed by atoms with E-state index >= 15 is 0 Å². The summed E-state index contributed by atoms with van der Waals surface area (Å²) < 4.78 is 35.3. The number of alkyl halides is 1. The van der Waals surface area contributed by atoms with E-state index in [1.807, 2.05) is 6.92 Å². The van der Waals surface area contributed by atoms with Crippen LogP contribution in [-0.4, -0.2) is 19.8 Å². The van der Waals surface area contributed by atoms with Gasteiger partial charge in [-0.05, 0) is 32.4 Å². The third-order valence-electron chi connectivity index (χ3n) is 2.57. The highest BCUT2D eigenvalue weighted by Gasteiger charge is 2.24. The molecule has 1 aromatic carbocycles. The Labute approximate surface area is 121 Å². The lowest BCUT2D eigenvalue weighted by molar-refractivity contribution is 0.546. The van der Waals surface area contributed by atoms with Crippen molar-refractivity contribution in [2.75, 3.05) is 0 Å². The molecular formula is C11H14ClN3O2S2. The lowest BCUT2D eigenvalue weighted by Crippen LogP contribution is -2.34. The number of hydrogen-bond donors (Lipinski definition) is 1. The Bertz CT molecular complexity index is 652. The molecule has 2 atom stereocenters. The van der Waals surface area contributed by atoms with Gasteiger partial charge in [0.15, 0.2) is 0 Å². The third-order valence-corrected chi connectivity index (χ3v) is 4.92. The van der Waals surface area contributed by atoms with Gasteiger partial charge in [-0.1, -0.05) is 6.07 Å². The van der Waals surface area contributed by atoms with Crippen molar-refractivity contribution in [3.8, 4) is 0 Å². The summed E-state index contributed by atoms with van der Waals surface area (Å²) in [6.07, 6.45) is 0.562. The van der Waals surface area contributed by atoms with Crippen LogP contribution in [0.1, 0.15) is 20.3 Å². The summed E-state index contributed by atoms with van der Waals surface area (Å²) >= 11 is 6.87. The Hall–Kier alpha value is -0.760. The van der Waals surface area contributed by atoms with Crippen LogP contribution < -0.4 is 4.72 Å². The molecule has 104 valence electrons. The van der Waals surface area contributed by atoms with Gasteiger partial charge in [0.2, 0.25) is 10.0 Å². The molecule has 1 aromatic rings. The summed E-state index contributed by atoms with van der Waals surface area (Å²) in [5.74, 6) is 0. The Balaban J connectivity index is 2.27. The topological polar surface area (TPSA) is 70.9 Å². The van der Waals surface area contributed by atoms with E-state index in [0.717, 1.165) is 11.4 Å². The molecule has 1 aliphatic rings. The molecule has 0 aromatic heterocycles. The third kappa shape index (κ3) is 3.42. The number of halogens is 1. The number of sulfonamides is 1. The monoisotopic (exact) mass is 319 g/mol. The van der Waals surface area contributed by atoms with Gasteiger partial charge < -0.3 is 0 Å². The van der Waals surface area contributed by atoms with Gasteiger partial charge in [-0.15, -0.1) is 11.6 Å². The summed E-state index contributed by atoms with van der Waals surface area (Å²) in [4.78, 5) is 0.160. The van der Waals surface area contributed by atoms with E-state index in [9.17, 15) is 8.42 Å². The quantitative estimate of drug-likeness (QED) is 0.860. The molecule has 0 radical (unpaired) electrons. The second-order valence-corrected chi connectivity index (χ2v) is 7.38. The van der Waals surface area contributed by atoms with Crippen LogP contribution in [0, 0.1) is 0 Å². The first-order chi connectivity index (χ1) is 8.90. The van der Waals surface area contributed by atoms with Gasteiger partial charge in [-0.3, -0.25) is 0 Å². The largest absolute Gasteiger partial charge is 0.243 e. The molecule has 19 heavy (non-hydrogen) atoms. The standard InChI is InChI=1S/C11H14ClN3O2S2/c1-7(12)6-8(2)15-19(16,17)10-5-3-4-9-11(10)14-18-13-9/h3-5,7-8,15H,6H2,1-2H3. The maximum Gasteiger partial charge on any atom is 0.243 e. The zero-order chi connectivity index (χ0) is 14.0. The number of nitrogens with zero attached hydrogens (tertiary/aromatic N) is 2. The fourth-order valence-corrected chi connectivity index (χ4v) is 4.15. The molecule has 0 spiro atoms. The van der Waals surface area contributed by atoms with Crippen molar-refractivity contribution >= 4 is 44.4 Å². The Morgan fingerprint density at radius 2 is 2.11 bits per heavy atom. The zero-order valence-corrected chi connectivity index (χ0v) is 12.9. The highest BCUT2D eigenvalue weighted by Crippen LogP contribution is 2.37. The van der Waals surface area contributed by atoms with Gasteiger partial charge >= 0.3 is 0 Å². The Kier molecular flexibility index (Phi) is 4.39. The van der Waals surface area contributed by atoms with Gasteiger partial charge in [-0.25, -0.2) is 13.1 Å². The summed E-state index contributed by atoms with van der Waals surface area (Å²) in [5, 5.41) is -0.0885. The molecule has 0 amide bonds. The lowest BCUT2D eigenvalue weighted by atomic mass is 10.2. The van der Waals surface area contributed by atoms with Crippen molar-refractivity contribution in [2.45, 2.75) is 36.6 Å². The van der Waals surface area contributed by atoms with Crippen LogP contribution in [0.2, 0.25) is 0 Å². The average molecular weight is 320 g/mol. The maximum absolute atomic E-state index is 12.3. The van der Waals surface area contributed by atoms with E-state index in [-0.39, 0.29) is 16.3 Å². The molecule has 1 heterocycles. The van der Waals surface area contributed by atoms with Crippen LogP contribution in [0.15, 0.2) is 31.8 Å².